The Bertz CT molecular complexity index is 516. The lowest BCUT2D eigenvalue weighted by atomic mass is 9.77. The molecule has 8 heteroatoms. The molecule has 0 saturated heterocycles. The number of hydrogen-bond donors (Lipinski definition) is 4. The minimum Gasteiger partial charge on any atom is -0.478 e. The average molecular weight is 341 g/mol. The molecule has 0 saturated carbocycles. The Morgan fingerprint density at radius 1 is 1.33 bits per heavy atom. The van der Waals surface area contributed by atoms with Crippen molar-refractivity contribution in [1.82, 2.24) is 5.32 Å². The first-order valence-corrected chi connectivity index (χ1v) is 8.12. The fourth-order valence-electron chi connectivity index (χ4n) is 3.01. The van der Waals surface area contributed by atoms with E-state index in [1.807, 2.05) is 13.8 Å². The number of rotatable bonds is 8. The molecule has 0 spiro atoms. The lowest BCUT2D eigenvalue weighted by molar-refractivity contribution is -0.134. The monoisotopic (exact) mass is 341 g/mol. The maximum atomic E-state index is 11.6. The van der Waals surface area contributed by atoms with Gasteiger partial charge in [0.2, 0.25) is 11.8 Å². The van der Waals surface area contributed by atoms with Gasteiger partial charge in [-0.25, -0.2) is 4.79 Å². The second kappa shape index (κ2) is 8.79. The first-order chi connectivity index (χ1) is 11.2. The summed E-state index contributed by atoms with van der Waals surface area (Å²) < 4.78 is 5.96. The number of primary amides is 1. The molecule has 0 aromatic carbocycles. The number of hydrogen-bond acceptors (Lipinski definition) is 5. The van der Waals surface area contributed by atoms with Crippen molar-refractivity contribution in [1.29, 1.82) is 0 Å². The van der Waals surface area contributed by atoms with Crippen molar-refractivity contribution >= 4 is 17.8 Å². The van der Waals surface area contributed by atoms with Crippen LogP contribution in [0, 0.1) is 5.92 Å². The summed E-state index contributed by atoms with van der Waals surface area (Å²) in [7, 11) is 0. The summed E-state index contributed by atoms with van der Waals surface area (Å²) in [6.45, 7) is 5.27. The van der Waals surface area contributed by atoms with E-state index in [1.165, 1.54) is 13.0 Å². The molecule has 1 aliphatic carbocycles. The Kier molecular flexibility index (Phi) is 7.37. The fraction of sp³-hybridized carbons (Fsp3) is 0.688. The predicted molar refractivity (Wildman–Crippen MR) is 87.8 cm³/mol. The van der Waals surface area contributed by atoms with E-state index >= 15 is 0 Å². The Morgan fingerprint density at radius 2 is 1.92 bits per heavy atom. The third-order valence-electron chi connectivity index (χ3n) is 4.27. The smallest absolute Gasteiger partial charge is 0.331 e. The first kappa shape index (κ1) is 20.1. The third kappa shape index (κ3) is 5.04. The molecule has 6 N–H and O–H groups in total. The summed E-state index contributed by atoms with van der Waals surface area (Å²) in [5.41, 5.74) is 11.4. The third-order valence-corrected chi connectivity index (χ3v) is 4.27. The highest BCUT2D eigenvalue weighted by atomic mass is 16.5. The van der Waals surface area contributed by atoms with Gasteiger partial charge in [-0.15, -0.1) is 0 Å². The Labute approximate surface area is 141 Å². The highest BCUT2D eigenvalue weighted by Gasteiger charge is 2.42. The summed E-state index contributed by atoms with van der Waals surface area (Å²) in [6.07, 6.45) is 1.97. The van der Waals surface area contributed by atoms with Gasteiger partial charge in [0, 0.05) is 30.9 Å². The number of nitrogens with two attached hydrogens (primary N) is 2. The highest BCUT2D eigenvalue weighted by molar-refractivity contribution is 5.89. The topological polar surface area (TPSA) is 145 Å². The van der Waals surface area contributed by atoms with Gasteiger partial charge in [-0.3, -0.25) is 9.59 Å². The molecule has 136 valence electrons. The zero-order valence-electron chi connectivity index (χ0n) is 14.3. The van der Waals surface area contributed by atoms with Crippen molar-refractivity contribution in [2.75, 3.05) is 0 Å². The van der Waals surface area contributed by atoms with E-state index in [-0.39, 0.29) is 24.0 Å². The minimum absolute atomic E-state index is 0.00106. The van der Waals surface area contributed by atoms with Crippen LogP contribution in [0.25, 0.3) is 0 Å². The Balaban J connectivity index is 3.23. The van der Waals surface area contributed by atoms with Gasteiger partial charge in [0.25, 0.3) is 0 Å². The fourth-order valence-corrected chi connectivity index (χ4v) is 3.01. The van der Waals surface area contributed by atoms with Crippen molar-refractivity contribution in [3.63, 3.8) is 0 Å². The van der Waals surface area contributed by atoms with Gasteiger partial charge in [0.15, 0.2) is 0 Å². The molecule has 4 atom stereocenters. The van der Waals surface area contributed by atoms with Gasteiger partial charge < -0.3 is 26.6 Å². The second-order valence-electron chi connectivity index (χ2n) is 6.05. The van der Waals surface area contributed by atoms with Crippen molar-refractivity contribution < 1.29 is 24.2 Å². The number of carbonyl (C=O) groups is 3. The summed E-state index contributed by atoms with van der Waals surface area (Å²) in [5.74, 6) is -2.91. The molecule has 8 nitrogen and oxygen atoms in total. The maximum absolute atomic E-state index is 11.6. The number of carboxylic acids is 1. The zero-order chi connectivity index (χ0) is 18.4. The molecule has 0 aromatic rings. The predicted octanol–water partition coefficient (Wildman–Crippen LogP) is -0.0916. The highest BCUT2D eigenvalue weighted by Crippen LogP contribution is 2.30. The lowest BCUT2D eigenvalue weighted by Crippen LogP contribution is -2.60. The molecule has 0 aromatic heterocycles. The molecule has 0 aliphatic heterocycles. The summed E-state index contributed by atoms with van der Waals surface area (Å²) in [6, 6.07) is -1.42. The van der Waals surface area contributed by atoms with E-state index in [2.05, 4.69) is 5.32 Å². The molecule has 0 unspecified atom stereocenters. The number of aliphatic carboxylic acids is 1. The number of carbonyl (C=O) groups excluding carboxylic acids is 2. The van der Waals surface area contributed by atoms with Crippen molar-refractivity contribution in [2.45, 2.75) is 64.3 Å². The standard InChI is InChI=1S/C16H27N3O5/c1-4-9(5-2)24-12-6-11(16(22)23)10(7-13(17)21)14(18)15(12)19-8(3)20/h6,9-10,12,14-15H,4-5,7,18H2,1-3H3,(H2,17,21)(H,19,20)(H,22,23)/t10-,12-,14+,15+/m1/s1. The Morgan fingerprint density at radius 3 is 2.33 bits per heavy atom. The van der Waals surface area contributed by atoms with E-state index in [0.717, 1.165) is 12.8 Å². The molecule has 0 bridgehead atoms. The Hall–Kier alpha value is -1.93. The van der Waals surface area contributed by atoms with Crippen LogP contribution >= 0.6 is 0 Å². The molecule has 24 heavy (non-hydrogen) atoms. The van der Waals surface area contributed by atoms with E-state index in [9.17, 15) is 19.5 Å². The zero-order valence-corrected chi connectivity index (χ0v) is 14.3. The van der Waals surface area contributed by atoms with Crippen LogP contribution in [0.1, 0.15) is 40.0 Å². The minimum atomic E-state index is -1.17. The van der Waals surface area contributed by atoms with Gasteiger partial charge in [-0.1, -0.05) is 13.8 Å². The number of ether oxygens (including phenoxy) is 1. The SMILES string of the molecule is CCC(CC)O[C@@H]1C=C(C(=O)O)[C@@H](CC(N)=O)[C@H](N)[C@H]1NC(C)=O. The van der Waals surface area contributed by atoms with Crippen molar-refractivity contribution in [2.24, 2.45) is 17.4 Å². The molecular weight excluding hydrogens is 314 g/mol. The quantitative estimate of drug-likeness (QED) is 0.485. The van der Waals surface area contributed by atoms with Crippen LogP contribution in [0.4, 0.5) is 0 Å². The molecule has 0 heterocycles. The van der Waals surface area contributed by atoms with E-state index < -0.39 is 36.0 Å². The molecule has 0 fully saturated rings. The molecule has 2 amide bonds. The van der Waals surface area contributed by atoms with Crippen LogP contribution in [-0.2, 0) is 19.1 Å². The number of amides is 2. The van der Waals surface area contributed by atoms with Crippen LogP contribution in [0.5, 0.6) is 0 Å². The van der Waals surface area contributed by atoms with E-state index in [0.29, 0.717) is 0 Å². The molecular formula is C16H27N3O5. The maximum Gasteiger partial charge on any atom is 0.331 e. The molecule has 0 radical (unpaired) electrons. The first-order valence-electron chi connectivity index (χ1n) is 8.12. The van der Waals surface area contributed by atoms with Crippen LogP contribution < -0.4 is 16.8 Å². The summed E-state index contributed by atoms with van der Waals surface area (Å²) in [5, 5.41) is 12.2. The van der Waals surface area contributed by atoms with Gasteiger partial charge >= 0.3 is 5.97 Å². The van der Waals surface area contributed by atoms with Crippen LogP contribution in [-0.4, -0.2) is 47.2 Å². The summed E-state index contributed by atoms with van der Waals surface area (Å²) in [4.78, 5) is 34.4. The molecule has 1 aliphatic rings. The summed E-state index contributed by atoms with van der Waals surface area (Å²) >= 11 is 0. The molecule has 1 rings (SSSR count). The van der Waals surface area contributed by atoms with Gasteiger partial charge in [-0.05, 0) is 18.9 Å². The average Bonchev–Trinajstić information content (AvgIpc) is 2.49. The second-order valence-corrected chi connectivity index (χ2v) is 6.05. The van der Waals surface area contributed by atoms with Crippen LogP contribution in [0.15, 0.2) is 11.6 Å². The van der Waals surface area contributed by atoms with Crippen LogP contribution in [0.2, 0.25) is 0 Å². The van der Waals surface area contributed by atoms with E-state index in [1.54, 1.807) is 0 Å². The van der Waals surface area contributed by atoms with Crippen molar-refractivity contribution in [3.05, 3.63) is 11.6 Å². The largest absolute Gasteiger partial charge is 0.478 e. The number of nitrogens with one attached hydrogen (secondary N) is 1. The van der Waals surface area contributed by atoms with Gasteiger partial charge in [0.1, 0.15) is 0 Å². The van der Waals surface area contributed by atoms with Crippen LogP contribution in [0.3, 0.4) is 0 Å². The van der Waals surface area contributed by atoms with Gasteiger partial charge in [0.05, 0.1) is 18.2 Å². The lowest BCUT2D eigenvalue weighted by Gasteiger charge is -2.40. The number of carboxylic acid groups (broad SMARTS) is 1. The van der Waals surface area contributed by atoms with Crippen molar-refractivity contribution in [3.8, 4) is 0 Å². The normalized spacial score (nSPS) is 26.8. The van der Waals surface area contributed by atoms with E-state index in [4.69, 9.17) is 16.2 Å². The van der Waals surface area contributed by atoms with Gasteiger partial charge in [-0.2, -0.15) is 0 Å².